The number of anilines is 1. The van der Waals surface area contributed by atoms with Crippen molar-refractivity contribution in [2.45, 2.75) is 6.61 Å². The summed E-state index contributed by atoms with van der Waals surface area (Å²) in [6.07, 6.45) is 0. The lowest BCUT2D eigenvalue weighted by molar-refractivity contribution is 0.275. The Bertz CT molecular complexity index is 331. The van der Waals surface area contributed by atoms with E-state index < -0.39 is 7.12 Å². The molecule has 1 aromatic carbocycles. The van der Waals surface area contributed by atoms with Gasteiger partial charge in [-0.25, -0.2) is 0 Å². The molecule has 5 heteroatoms. The van der Waals surface area contributed by atoms with Crippen molar-refractivity contribution in [3.8, 4) is 0 Å². The Kier molecular flexibility index (Phi) is 1.75. The SMILES string of the molecule is Nc1cc(Cl)c2c(c1)B(O)OC2. The average molecular weight is 183 g/mol. The van der Waals surface area contributed by atoms with Gasteiger partial charge in [0.25, 0.3) is 0 Å². The van der Waals surface area contributed by atoms with Crippen LogP contribution in [0, 0.1) is 0 Å². The fourth-order valence-electron chi connectivity index (χ4n) is 1.30. The van der Waals surface area contributed by atoms with Crippen LogP contribution in [0.25, 0.3) is 0 Å². The summed E-state index contributed by atoms with van der Waals surface area (Å²) < 4.78 is 4.97. The van der Waals surface area contributed by atoms with E-state index in [1.165, 1.54) is 0 Å². The Hall–Kier alpha value is -0.705. The molecule has 0 amide bonds. The highest BCUT2D eigenvalue weighted by Crippen LogP contribution is 2.22. The van der Waals surface area contributed by atoms with Crippen molar-refractivity contribution >= 4 is 29.9 Å². The lowest BCUT2D eigenvalue weighted by atomic mass is 9.79. The molecule has 12 heavy (non-hydrogen) atoms. The molecule has 3 N–H and O–H groups in total. The summed E-state index contributed by atoms with van der Waals surface area (Å²) in [5.74, 6) is 0. The van der Waals surface area contributed by atoms with Crippen molar-refractivity contribution in [3.05, 3.63) is 22.7 Å². The highest BCUT2D eigenvalue weighted by atomic mass is 35.5. The molecule has 3 nitrogen and oxygen atoms in total. The van der Waals surface area contributed by atoms with E-state index in [-0.39, 0.29) is 0 Å². The summed E-state index contributed by atoms with van der Waals surface area (Å²) in [7, 11) is -0.874. The van der Waals surface area contributed by atoms with E-state index in [4.69, 9.17) is 22.0 Å². The van der Waals surface area contributed by atoms with Crippen LogP contribution in [0.15, 0.2) is 12.1 Å². The summed E-state index contributed by atoms with van der Waals surface area (Å²) in [5, 5.41) is 9.85. The maximum absolute atomic E-state index is 9.29. The zero-order chi connectivity index (χ0) is 8.72. The molecule has 1 aliphatic heterocycles. The van der Waals surface area contributed by atoms with Gasteiger partial charge in [-0.05, 0) is 23.2 Å². The minimum absolute atomic E-state index is 0.357. The van der Waals surface area contributed by atoms with Crippen molar-refractivity contribution in [2.24, 2.45) is 0 Å². The Morgan fingerprint density at radius 3 is 3.08 bits per heavy atom. The summed E-state index contributed by atoms with van der Waals surface area (Å²) in [4.78, 5) is 0. The van der Waals surface area contributed by atoms with Crippen molar-refractivity contribution in [1.29, 1.82) is 0 Å². The van der Waals surface area contributed by atoms with Gasteiger partial charge in [-0.15, -0.1) is 0 Å². The van der Waals surface area contributed by atoms with Gasteiger partial charge in [-0.3, -0.25) is 0 Å². The van der Waals surface area contributed by atoms with Crippen molar-refractivity contribution < 1.29 is 9.68 Å². The van der Waals surface area contributed by atoms with E-state index in [1.807, 2.05) is 0 Å². The van der Waals surface area contributed by atoms with E-state index in [0.29, 0.717) is 22.8 Å². The molecule has 2 rings (SSSR count). The second kappa shape index (κ2) is 2.66. The first kappa shape index (κ1) is 7.92. The maximum Gasteiger partial charge on any atom is 0.491 e. The number of halogens is 1. The monoisotopic (exact) mass is 183 g/mol. The molecule has 0 saturated carbocycles. The predicted molar refractivity (Wildman–Crippen MR) is 48.3 cm³/mol. The summed E-state index contributed by atoms with van der Waals surface area (Å²) in [6.45, 7) is 0.357. The van der Waals surface area contributed by atoms with Crippen molar-refractivity contribution in [3.63, 3.8) is 0 Å². The molecule has 1 aliphatic rings. The number of benzene rings is 1. The van der Waals surface area contributed by atoms with Crippen LogP contribution in [0.4, 0.5) is 5.69 Å². The average Bonchev–Trinajstić information content (AvgIpc) is 2.33. The van der Waals surface area contributed by atoms with Gasteiger partial charge in [0.15, 0.2) is 0 Å². The molecule has 0 atom stereocenters. The maximum atomic E-state index is 9.29. The number of nitrogen functional groups attached to an aromatic ring is 1. The van der Waals surface area contributed by atoms with Gasteiger partial charge in [0.05, 0.1) is 6.61 Å². The second-order valence-corrected chi connectivity index (χ2v) is 3.14. The Balaban J connectivity index is 2.60. The predicted octanol–water partition coefficient (Wildman–Crippen LogP) is 0.140. The van der Waals surface area contributed by atoms with E-state index in [9.17, 15) is 5.02 Å². The standard InChI is InChI=1S/C7H7BClNO2/c9-7-2-4(10)1-6-5(7)3-12-8(6)11/h1-2,11H,3,10H2. The molecule has 0 aliphatic carbocycles. The topological polar surface area (TPSA) is 55.5 Å². The van der Waals surface area contributed by atoms with Gasteiger partial charge < -0.3 is 15.4 Å². The minimum Gasteiger partial charge on any atom is -0.423 e. The lowest BCUT2D eigenvalue weighted by Gasteiger charge is -2.01. The molecule has 0 unspecified atom stereocenters. The largest absolute Gasteiger partial charge is 0.491 e. The van der Waals surface area contributed by atoms with Gasteiger partial charge in [0, 0.05) is 10.7 Å². The van der Waals surface area contributed by atoms with Gasteiger partial charge >= 0.3 is 7.12 Å². The third-order valence-electron chi connectivity index (χ3n) is 1.90. The minimum atomic E-state index is -0.874. The van der Waals surface area contributed by atoms with Crippen LogP contribution in [-0.4, -0.2) is 12.1 Å². The van der Waals surface area contributed by atoms with Crippen molar-refractivity contribution in [2.75, 3.05) is 5.73 Å². The molecule has 0 fully saturated rings. The normalized spacial score (nSPS) is 15.0. The molecule has 0 bridgehead atoms. The van der Waals surface area contributed by atoms with E-state index in [1.54, 1.807) is 12.1 Å². The fraction of sp³-hybridized carbons (Fsp3) is 0.143. The molecule has 1 heterocycles. The molecule has 0 radical (unpaired) electrons. The van der Waals surface area contributed by atoms with Gasteiger partial charge in [-0.2, -0.15) is 0 Å². The van der Waals surface area contributed by atoms with E-state index in [0.717, 1.165) is 5.56 Å². The summed E-state index contributed by atoms with van der Waals surface area (Å²) in [6, 6.07) is 3.33. The number of hydrogen-bond acceptors (Lipinski definition) is 3. The van der Waals surface area contributed by atoms with Gasteiger partial charge in [-0.1, -0.05) is 11.6 Å². The first-order valence-electron chi connectivity index (χ1n) is 3.56. The molecular formula is C7H7BClNO2. The zero-order valence-electron chi connectivity index (χ0n) is 6.25. The highest BCUT2D eigenvalue weighted by Gasteiger charge is 2.29. The molecule has 0 saturated heterocycles. The Morgan fingerprint density at radius 1 is 1.58 bits per heavy atom. The number of fused-ring (bicyclic) bond motifs is 1. The highest BCUT2D eigenvalue weighted by molar-refractivity contribution is 6.62. The molecule has 62 valence electrons. The van der Waals surface area contributed by atoms with Crippen LogP contribution in [0.5, 0.6) is 0 Å². The molecule has 0 aromatic heterocycles. The first-order chi connectivity index (χ1) is 5.68. The van der Waals surface area contributed by atoms with Gasteiger partial charge in [0.2, 0.25) is 0 Å². The van der Waals surface area contributed by atoms with Crippen molar-refractivity contribution in [1.82, 2.24) is 0 Å². The molecule has 0 spiro atoms. The summed E-state index contributed by atoms with van der Waals surface area (Å²) in [5.41, 5.74) is 7.60. The number of nitrogens with two attached hydrogens (primary N) is 1. The van der Waals surface area contributed by atoms with Crippen LogP contribution in [-0.2, 0) is 11.3 Å². The van der Waals surface area contributed by atoms with E-state index >= 15 is 0 Å². The van der Waals surface area contributed by atoms with Crippen LogP contribution < -0.4 is 11.2 Å². The third-order valence-corrected chi connectivity index (χ3v) is 2.24. The Labute approximate surface area is 75.2 Å². The zero-order valence-corrected chi connectivity index (χ0v) is 7.01. The molecule has 1 aromatic rings. The lowest BCUT2D eigenvalue weighted by Crippen LogP contribution is -2.28. The van der Waals surface area contributed by atoms with Crippen LogP contribution in [0.1, 0.15) is 5.56 Å². The van der Waals surface area contributed by atoms with Gasteiger partial charge in [0.1, 0.15) is 0 Å². The second-order valence-electron chi connectivity index (χ2n) is 2.73. The fourth-order valence-corrected chi connectivity index (χ4v) is 1.59. The third kappa shape index (κ3) is 1.08. The van der Waals surface area contributed by atoms with Crippen LogP contribution in [0.2, 0.25) is 5.02 Å². The quantitative estimate of drug-likeness (QED) is 0.444. The first-order valence-corrected chi connectivity index (χ1v) is 3.94. The number of hydrogen-bond donors (Lipinski definition) is 2. The van der Waals surface area contributed by atoms with Crippen LogP contribution in [0.3, 0.4) is 0 Å². The number of rotatable bonds is 0. The van der Waals surface area contributed by atoms with Crippen LogP contribution >= 0.6 is 11.6 Å². The smallest absolute Gasteiger partial charge is 0.423 e. The Morgan fingerprint density at radius 2 is 2.33 bits per heavy atom. The van der Waals surface area contributed by atoms with E-state index in [2.05, 4.69) is 0 Å². The molecular weight excluding hydrogens is 176 g/mol. The summed E-state index contributed by atoms with van der Waals surface area (Å²) >= 11 is 5.87.